The molecule has 2 saturated heterocycles. The highest BCUT2D eigenvalue weighted by Gasteiger charge is 2.68. The fourth-order valence-corrected chi connectivity index (χ4v) is 7.05. The number of halogens is 1. The highest BCUT2D eigenvalue weighted by atomic mass is 35.5. The maximum absolute atomic E-state index is 12.2. The van der Waals surface area contributed by atoms with Crippen molar-refractivity contribution in [2.75, 3.05) is 13.2 Å². The summed E-state index contributed by atoms with van der Waals surface area (Å²) in [6, 6.07) is 18.9. The standard InChI is InChI=1S/C36H35ClO12/c1-20(38)23-5-10-27(11-6-23)48-26-8-3-22(4-9-26)13-24-14-25(7-12-31(24)37)36-30(17-34(44)45)28(15-32(40)41)29(16-33(42)43)35(49-36,19-47-36)18-46-21(2)39/h3-12,14,28-30H,13,15-19H2,1-2H3,(H,40,41)(H,42,43)(H,44,45)/t28-,29-,30+,35-,36+/m0/s1. The van der Waals surface area contributed by atoms with Gasteiger partial charge in [-0.25, -0.2) is 0 Å². The van der Waals surface area contributed by atoms with E-state index in [-0.39, 0.29) is 12.4 Å². The maximum Gasteiger partial charge on any atom is 0.303 e. The Labute approximate surface area is 286 Å². The van der Waals surface area contributed by atoms with E-state index in [0.717, 1.165) is 5.56 Å². The van der Waals surface area contributed by atoms with Crippen molar-refractivity contribution in [1.82, 2.24) is 0 Å². The molecule has 0 aliphatic carbocycles. The Balaban J connectivity index is 1.49. The Bertz CT molecular complexity index is 1750. The lowest BCUT2D eigenvalue weighted by Crippen LogP contribution is -2.59. The second kappa shape index (κ2) is 14.4. The highest BCUT2D eigenvalue weighted by Crippen LogP contribution is 2.60. The van der Waals surface area contributed by atoms with Crippen LogP contribution in [-0.4, -0.2) is 63.8 Å². The number of ether oxygens (including phenoxy) is 4. The maximum atomic E-state index is 12.2. The van der Waals surface area contributed by atoms with Crippen LogP contribution in [0.4, 0.5) is 0 Å². The Hall–Kier alpha value is -4.78. The smallest absolute Gasteiger partial charge is 0.303 e. The monoisotopic (exact) mass is 694 g/mol. The molecule has 3 aromatic rings. The minimum Gasteiger partial charge on any atom is -0.481 e. The average Bonchev–Trinajstić information content (AvgIpc) is 3.40. The van der Waals surface area contributed by atoms with Crippen LogP contribution < -0.4 is 4.74 Å². The molecule has 12 nitrogen and oxygen atoms in total. The van der Waals surface area contributed by atoms with Gasteiger partial charge in [-0.1, -0.05) is 29.8 Å². The number of esters is 1. The summed E-state index contributed by atoms with van der Waals surface area (Å²) in [5.41, 5.74) is 0.847. The van der Waals surface area contributed by atoms with E-state index in [2.05, 4.69) is 0 Å². The number of carboxylic acids is 3. The Morgan fingerprint density at radius 1 is 0.816 bits per heavy atom. The number of rotatable bonds is 14. The lowest BCUT2D eigenvalue weighted by Gasteiger charge is -2.51. The Morgan fingerprint density at radius 2 is 1.41 bits per heavy atom. The first kappa shape index (κ1) is 35.5. The van der Waals surface area contributed by atoms with Crippen molar-refractivity contribution >= 4 is 41.3 Å². The summed E-state index contributed by atoms with van der Waals surface area (Å²) >= 11 is 6.64. The molecule has 5 atom stereocenters. The molecule has 13 heteroatoms. The largest absolute Gasteiger partial charge is 0.481 e. The number of carbonyl (C=O) groups is 5. The zero-order valence-corrected chi connectivity index (χ0v) is 27.5. The number of fused-ring (bicyclic) bond motifs is 2. The van der Waals surface area contributed by atoms with Gasteiger partial charge in [-0.2, -0.15) is 0 Å². The van der Waals surface area contributed by atoms with Gasteiger partial charge in [-0.05, 0) is 78.9 Å². The normalized spacial score (nSPS) is 24.2. The van der Waals surface area contributed by atoms with Crippen LogP contribution in [0, 0.1) is 17.8 Å². The molecule has 0 saturated carbocycles. The molecule has 2 fully saturated rings. The van der Waals surface area contributed by atoms with Crippen LogP contribution in [0.25, 0.3) is 0 Å². The van der Waals surface area contributed by atoms with Crippen molar-refractivity contribution in [3.63, 3.8) is 0 Å². The summed E-state index contributed by atoms with van der Waals surface area (Å²) in [7, 11) is 0. The second-order valence-corrected chi connectivity index (χ2v) is 12.8. The molecule has 0 radical (unpaired) electrons. The van der Waals surface area contributed by atoms with Crippen LogP contribution in [0.3, 0.4) is 0 Å². The summed E-state index contributed by atoms with van der Waals surface area (Å²) < 4.78 is 24.1. The van der Waals surface area contributed by atoms with Crippen molar-refractivity contribution in [2.24, 2.45) is 17.8 Å². The summed E-state index contributed by atoms with van der Waals surface area (Å²) in [6.45, 7) is 1.96. The highest BCUT2D eigenvalue weighted by molar-refractivity contribution is 6.31. The fraction of sp³-hybridized carbons (Fsp3) is 0.361. The van der Waals surface area contributed by atoms with Gasteiger partial charge in [-0.3, -0.25) is 24.0 Å². The lowest BCUT2D eigenvalue weighted by molar-refractivity contribution is -0.295. The van der Waals surface area contributed by atoms with E-state index in [9.17, 15) is 39.3 Å². The number of hydrogen-bond acceptors (Lipinski definition) is 9. The first-order valence-electron chi connectivity index (χ1n) is 15.5. The van der Waals surface area contributed by atoms with E-state index in [1.807, 2.05) is 12.1 Å². The van der Waals surface area contributed by atoms with Crippen LogP contribution >= 0.6 is 11.6 Å². The first-order valence-corrected chi connectivity index (χ1v) is 15.9. The van der Waals surface area contributed by atoms with Gasteiger partial charge >= 0.3 is 23.9 Å². The van der Waals surface area contributed by atoms with Gasteiger partial charge in [0, 0.05) is 41.3 Å². The summed E-state index contributed by atoms with van der Waals surface area (Å²) in [5, 5.41) is 30.1. The Morgan fingerprint density at radius 3 is 1.98 bits per heavy atom. The average molecular weight is 695 g/mol. The van der Waals surface area contributed by atoms with Gasteiger partial charge in [0.25, 0.3) is 0 Å². The molecule has 2 aliphatic rings. The summed E-state index contributed by atoms with van der Waals surface area (Å²) in [4.78, 5) is 59.8. The number of aliphatic carboxylic acids is 3. The fourth-order valence-electron chi connectivity index (χ4n) is 6.87. The van der Waals surface area contributed by atoms with Gasteiger partial charge < -0.3 is 34.3 Å². The van der Waals surface area contributed by atoms with Crippen molar-refractivity contribution in [2.45, 2.75) is 50.9 Å². The van der Waals surface area contributed by atoms with Crippen molar-refractivity contribution in [3.05, 3.63) is 94.0 Å². The predicted molar refractivity (Wildman–Crippen MR) is 173 cm³/mol. The van der Waals surface area contributed by atoms with Gasteiger partial charge in [-0.15, -0.1) is 0 Å². The molecule has 3 N–H and O–H groups in total. The van der Waals surface area contributed by atoms with Crippen molar-refractivity contribution < 1.29 is 58.2 Å². The third-order valence-electron chi connectivity index (χ3n) is 9.07. The summed E-state index contributed by atoms with van der Waals surface area (Å²) in [5.74, 6) is -8.40. The molecular weight excluding hydrogens is 660 g/mol. The van der Waals surface area contributed by atoms with Crippen LogP contribution in [0.15, 0.2) is 66.7 Å². The molecular formula is C36H35ClO12. The van der Waals surface area contributed by atoms with Crippen LogP contribution in [0.1, 0.15) is 60.2 Å². The zero-order chi connectivity index (χ0) is 35.5. The quantitative estimate of drug-likeness (QED) is 0.138. The number of benzene rings is 3. The first-order chi connectivity index (χ1) is 23.2. The SMILES string of the molecule is CC(=O)OC[C@@]12CO[C@](c3ccc(Cl)c(Cc4ccc(Oc5ccc(C(C)=O)cc5)cc4)c3)(O1)[C@H](CC(=O)O)[C@@H](CC(=O)O)[C@@H]2CC(=O)O. The number of ketones is 1. The van der Waals surface area contributed by atoms with E-state index >= 15 is 0 Å². The molecule has 2 aliphatic heterocycles. The number of carbonyl (C=O) groups excluding carboxylic acids is 2. The lowest BCUT2D eigenvalue weighted by atomic mass is 9.64. The Kier molecular flexibility index (Phi) is 10.4. The number of hydrogen-bond donors (Lipinski definition) is 3. The molecule has 0 spiro atoms. The van der Waals surface area contributed by atoms with Crippen LogP contribution in [0.5, 0.6) is 11.5 Å². The third kappa shape index (κ3) is 7.77. The van der Waals surface area contributed by atoms with Crippen molar-refractivity contribution in [3.8, 4) is 11.5 Å². The zero-order valence-electron chi connectivity index (χ0n) is 26.7. The minimum absolute atomic E-state index is 0.0473. The predicted octanol–water partition coefficient (Wildman–Crippen LogP) is 5.71. The van der Waals surface area contributed by atoms with Crippen LogP contribution in [-0.2, 0) is 45.6 Å². The molecule has 5 rings (SSSR count). The van der Waals surface area contributed by atoms with Gasteiger partial charge in [0.05, 0.1) is 19.4 Å². The molecule has 258 valence electrons. The molecule has 2 heterocycles. The second-order valence-electron chi connectivity index (χ2n) is 12.4. The summed E-state index contributed by atoms with van der Waals surface area (Å²) in [6.07, 6.45) is -1.39. The van der Waals surface area contributed by atoms with E-state index in [4.69, 9.17) is 30.5 Å². The molecule has 0 amide bonds. The van der Waals surface area contributed by atoms with Gasteiger partial charge in [0.15, 0.2) is 11.6 Å². The van der Waals surface area contributed by atoms with Crippen LogP contribution in [0.2, 0.25) is 5.02 Å². The molecule has 2 bridgehead atoms. The van der Waals surface area contributed by atoms with Crippen molar-refractivity contribution in [1.29, 1.82) is 0 Å². The van der Waals surface area contributed by atoms with E-state index < -0.39 is 78.9 Å². The number of Topliss-reactive ketones (excluding diaryl/α,β-unsaturated/α-hetero) is 1. The van der Waals surface area contributed by atoms with E-state index in [1.165, 1.54) is 13.8 Å². The molecule has 0 unspecified atom stereocenters. The topological polar surface area (TPSA) is 183 Å². The number of carboxylic acid groups (broad SMARTS) is 3. The van der Waals surface area contributed by atoms with E-state index in [1.54, 1.807) is 54.6 Å². The molecule has 49 heavy (non-hydrogen) atoms. The van der Waals surface area contributed by atoms with Gasteiger partial charge in [0.1, 0.15) is 23.7 Å². The molecule has 3 aromatic carbocycles. The minimum atomic E-state index is -1.82. The van der Waals surface area contributed by atoms with Gasteiger partial charge in [0.2, 0.25) is 0 Å². The third-order valence-corrected chi connectivity index (χ3v) is 9.43. The molecule has 0 aromatic heterocycles. The van der Waals surface area contributed by atoms with E-state index in [0.29, 0.717) is 39.6 Å².